The van der Waals surface area contributed by atoms with Crippen LogP contribution >= 0.6 is 0 Å². The number of hydrogen-bond donors (Lipinski definition) is 1. The van der Waals surface area contributed by atoms with E-state index in [-0.39, 0.29) is 6.10 Å². The number of para-hydroxylation sites is 1. The first kappa shape index (κ1) is 14.4. The number of anilines is 1. The molecule has 2 rings (SSSR count). The molecule has 1 aliphatic rings. The van der Waals surface area contributed by atoms with Crippen LogP contribution in [0.1, 0.15) is 37.9 Å². The molecule has 106 valence electrons. The van der Waals surface area contributed by atoms with Crippen LogP contribution in [0.5, 0.6) is 0 Å². The third-order valence-electron chi connectivity index (χ3n) is 3.94. The Morgan fingerprint density at radius 2 is 2.21 bits per heavy atom. The zero-order valence-corrected chi connectivity index (χ0v) is 12.0. The van der Waals surface area contributed by atoms with Crippen molar-refractivity contribution < 1.29 is 9.84 Å². The molecular formula is C16H25NO2. The van der Waals surface area contributed by atoms with Gasteiger partial charge < -0.3 is 14.7 Å². The first-order valence-corrected chi connectivity index (χ1v) is 7.27. The maximum absolute atomic E-state index is 10.2. The maximum Gasteiger partial charge on any atom is 0.0807 e. The third kappa shape index (κ3) is 3.48. The summed E-state index contributed by atoms with van der Waals surface area (Å²) in [5, 5.41) is 10.2. The first-order chi connectivity index (χ1) is 9.26. The van der Waals surface area contributed by atoms with Crippen LogP contribution in [0.3, 0.4) is 0 Å². The number of hydrogen-bond acceptors (Lipinski definition) is 3. The molecule has 1 fully saturated rings. The zero-order valence-electron chi connectivity index (χ0n) is 12.0. The summed E-state index contributed by atoms with van der Waals surface area (Å²) in [4.78, 5) is 2.40. The number of benzene rings is 1. The molecule has 3 nitrogen and oxygen atoms in total. The molecule has 1 aromatic rings. The van der Waals surface area contributed by atoms with Gasteiger partial charge in [0.1, 0.15) is 0 Å². The number of methoxy groups -OCH3 is 1. The van der Waals surface area contributed by atoms with E-state index in [1.54, 1.807) is 7.11 Å². The van der Waals surface area contributed by atoms with Gasteiger partial charge in [-0.1, -0.05) is 25.1 Å². The van der Waals surface area contributed by atoms with Crippen molar-refractivity contribution in [1.82, 2.24) is 0 Å². The summed E-state index contributed by atoms with van der Waals surface area (Å²) in [6.07, 6.45) is 2.83. The average molecular weight is 263 g/mol. The molecule has 0 aromatic heterocycles. The second kappa shape index (κ2) is 6.92. The van der Waals surface area contributed by atoms with Crippen molar-refractivity contribution in [2.75, 3.05) is 31.7 Å². The van der Waals surface area contributed by atoms with Gasteiger partial charge in [0, 0.05) is 31.5 Å². The van der Waals surface area contributed by atoms with E-state index in [9.17, 15) is 5.11 Å². The monoisotopic (exact) mass is 263 g/mol. The number of nitrogens with zero attached hydrogens (tertiary/aromatic N) is 1. The molecule has 1 saturated heterocycles. The predicted octanol–water partition coefficient (Wildman–Crippen LogP) is 2.99. The molecule has 0 aliphatic carbocycles. The Hall–Kier alpha value is -1.06. The van der Waals surface area contributed by atoms with E-state index in [4.69, 9.17) is 4.74 Å². The van der Waals surface area contributed by atoms with Crippen LogP contribution in [0.15, 0.2) is 24.3 Å². The van der Waals surface area contributed by atoms with Crippen LogP contribution in [0.25, 0.3) is 0 Å². The summed E-state index contributed by atoms with van der Waals surface area (Å²) in [7, 11) is 1.77. The Kier molecular flexibility index (Phi) is 5.23. The molecule has 1 aliphatic heterocycles. The van der Waals surface area contributed by atoms with Crippen molar-refractivity contribution >= 4 is 5.69 Å². The normalized spacial score (nSPS) is 21.4. The zero-order chi connectivity index (χ0) is 13.7. The molecule has 0 radical (unpaired) electrons. The highest BCUT2D eigenvalue weighted by molar-refractivity contribution is 5.55. The molecule has 1 unspecified atom stereocenters. The summed E-state index contributed by atoms with van der Waals surface area (Å²) in [6.45, 7) is 4.95. The summed E-state index contributed by atoms with van der Waals surface area (Å²) in [6, 6.07) is 8.24. The minimum absolute atomic E-state index is 0.362. The largest absolute Gasteiger partial charge is 0.388 e. The maximum atomic E-state index is 10.2. The number of aliphatic hydroxyl groups excluding tert-OH is 1. The van der Waals surface area contributed by atoms with E-state index in [1.807, 2.05) is 19.1 Å². The predicted molar refractivity (Wildman–Crippen MR) is 78.5 cm³/mol. The summed E-state index contributed by atoms with van der Waals surface area (Å²) in [5.74, 6) is 0.602. The Morgan fingerprint density at radius 1 is 1.42 bits per heavy atom. The Bertz CT molecular complexity index is 392. The van der Waals surface area contributed by atoms with Gasteiger partial charge in [0.2, 0.25) is 0 Å². The fourth-order valence-electron chi connectivity index (χ4n) is 2.93. The van der Waals surface area contributed by atoms with Crippen molar-refractivity contribution in [2.45, 2.75) is 32.3 Å². The molecule has 1 N–H and O–H groups in total. The van der Waals surface area contributed by atoms with Crippen LogP contribution in [0.2, 0.25) is 0 Å². The number of aliphatic hydroxyl groups is 1. The van der Waals surface area contributed by atoms with E-state index in [1.165, 1.54) is 18.5 Å². The molecule has 0 amide bonds. The van der Waals surface area contributed by atoms with Gasteiger partial charge in [-0.15, -0.1) is 0 Å². The number of piperidine rings is 1. The van der Waals surface area contributed by atoms with Gasteiger partial charge >= 0.3 is 0 Å². The lowest BCUT2D eigenvalue weighted by Crippen LogP contribution is -2.37. The third-order valence-corrected chi connectivity index (χ3v) is 3.94. The summed E-state index contributed by atoms with van der Waals surface area (Å²) in [5.41, 5.74) is 2.25. The van der Waals surface area contributed by atoms with Crippen molar-refractivity contribution in [3.63, 3.8) is 0 Å². The Balaban J connectivity index is 2.16. The van der Waals surface area contributed by atoms with Gasteiger partial charge in [-0.25, -0.2) is 0 Å². The fraction of sp³-hybridized carbons (Fsp3) is 0.625. The van der Waals surface area contributed by atoms with Crippen LogP contribution in [-0.2, 0) is 4.74 Å². The molecule has 1 aromatic carbocycles. The Morgan fingerprint density at radius 3 is 2.95 bits per heavy atom. The summed E-state index contributed by atoms with van der Waals surface area (Å²) < 4.78 is 5.29. The standard InChI is InChI=1S/C16H25NO2/c1-3-16(18)14-8-4-5-9-15(14)17-10-6-7-13(11-17)12-19-2/h4-5,8-9,13,16,18H,3,6-7,10-12H2,1-2H3/t13?,16-/m1/s1. The van der Waals surface area contributed by atoms with Crippen LogP contribution in [0, 0.1) is 5.92 Å². The van der Waals surface area contributed by atoms with Crippen molar-refractivity contribution in [1.29, 1.82) is 0 Å². The van der Waals surface area contributed by atoms with E-state index < -0.39 is 0 Å². The smallest absolute Gasteiger partial charge is 0.0807 e. The molecular weight excluding hydrogens is 238 g/mol. The van der Waals surface area contributed by atoms with Crippen molar-refractivity contribution in [3.8, 4) is 0 Å². The van der Waals surface area contributed by atoms with Gasteiger partial charge in [0.25, 0.3) is 0 Å². The minimum atomic E-state index is -0.362. The van der Waals surface area contributed by atoms with Gasteiger partial charge in [-0.2, -0.15) is 0 Å². The van der Waals surface area contributed by atoms with E-state index in [2.05, 4.69) is 17.0 Å². The Labute approximate surface area is 116 Å². The molecule has 0 spiro atoms. The van der Waals surface area contributed by atoms with Gasteiger partial charge in [-0.05, 0) is 31.2 Å². The quantitative estimate of drug-likeness (QED) is 0.886. The van der Waals surface area contributed by atoms with Gasteiger partial charge in [-0.3, -0.25) is 0 Å². The second-order valence-electron chi connectivity index (χ2n) is 5.39. The minimum Gasteiger partial charge on any atom is -0.388 e. The van der Waals surface area contributed by atoms with Crippen LogP contribution < -0.4 is 4.90 Å². The highest BCUT2D eigenvalue weighted by Crippen LogP contribution is 2.31. The first-order valence-electron chi connectivity index (χ1n) is 7.27. The highest BCUT2D eigenvalue weighted by Gasteiger charge is 2.22. The lowest BCUT2D eigenvalue weighted by atomic mass is 9.96. The van der Waals surface area contributed by atoms with Crippen molar-refractivity contribution in [3.05, 3.63) is 29.8 Å². The fourth-order valence-corrected chi connectivity index (χ4v) is 2.93. The van der Waals surface area contributed by atoms with Crippen LogP contribution in [0.4, 0.5) is 5.69 Å². The molecule has 19 heavy (non-hydrogen) atoms. The van der Waals surface area contributed by atoms with Crippen LogP contribution in [-0.4, -0.2) is 31.9 Å². The van der Waals surface area contributed by atoms with E-state index in [0.29, 0.717) is 5.92 Å². The molecule has 0 bridgehead atoms. The lowest BCUT2D eigenvalue weighted by molar-refractivity contribution is 0.142. The van der Waals surface area contributed by atoms with E-state index in [0.717, 1.165) is 31.7 Å². The topological polar surface area (TPSA) is 32.7 Å². The van der Waals surface area contributed by atoms with E-state index >= 15 is 0 Å². The average Bonchev–Trinajstić information content (AvgIpc) is 2.47. The summed E-state index contributed by atoms with van der Waals surface area (Å²) >= 11 is 0. The lowest BCUT2D eigenvalue weighted by Gasteiger charge is -2.35. The van der Waals surface area contributed by atoms with Gasteiger partial charge in [0.15, 0.2) is 0 Å². The molecule has 3 heteroatoms. The van der Waals surface area contributed by atoms with Crippen molar-refractivity contribution in [2.24, 2.45) is 5.92 Å². The molecule has 1 heterocycles. The molecule has 2 atom stereocenters. The molecule has 0 saturated carbocycles. The number of rotatable bonds is 5. The van der Waals surface area contributed by atoms with Gasteiger partial charge in [0.05, 0.1) is 12.7 Å². The second-order valence-corrected chi connectivity index (χ2v) is 5.39. The highest BCUT2D eigenvalue weighted by atomic mass is 16.5. The SMILES string of the molecule is CC[C@@H](O)c1ccccc1N1CCCC(COC)C1. The number of ether oxygens (including phenoxy) is 1.